The number of alkyl halides is 3. The summed E-state index contributed by atoms with van der Waals surface area (Å²) in [5.74, 6) is 0.521. The molecule has 2 aromatic heterocycles. The summed E-state index contributed by atoms with van der Waals surface area (Å²) in [5.41, 5.74) is 0.554. The van der Waals surface area contributed by atoms with Gasteiger partial charge in [0.25, 0.3) is 5.56 Å². The highest BCUT2D eigenvalue weighted by Gasteiger charge is 2.31. The first-order valence-corrected chi connectivity index (χ1v) is 9.50. The lowest BCUT2D eigenvalue weighted by Crippen LogP contribution is -2.46. The minimum Gasteiger partial charge on any atom is -0.395 e. The van der Waals surface area contributed by atoms with Gasteiger partial charge in [0.2, 0.25) is 0 Å². The second kappa shape index (κ2) is 7.94. The number of aromatic nitrogens is 3. The molecule has 4 rings (SSSR count). The van der Waals surface area contributed by atoms with E-state index in [-0.39, 0.29) is 18.7 Å². The normalized spacial score (nSPS) is 15.1. The van der Waals surface area contributed by atoms with Crippen LogP contribution >= 0.6 is 0 Å². The highest BCUT2D eigenvalue weighted by atomic mass is 19.4. The SMILES string of the molecule is O=c1c2ccc(N3CCN(c4ccc(C(F)(F)F)cn4)CC3)cc2ncn1CCO. The van der Waals surface area contributed by atoms with Crippen molar-refractivity contribution in [2.75, 3.05) is 42.6 Å². The van der Waals surface area contributed by atoms with E-state index in [1.54, 1.807) is 6.07 Å². The van der Waals surface area contributed by atoms with Gasteiger partial charge in [-0.2, -0.15) is 13.2 Å². The topological polar surface area (TPSA) is 74.5 Å². The summed E-state index contributed by atoms with van der Waals surface area (Å²) < 4.78 is 39.5. The molecule has 30 heavy (non-hydrogen) atoms. The lowest BCUT2D eigenvalue weighted by molar-refractivity contribution is -0.137. The Bertz CT molecular complexity index is 1090. The molecule has 0 bridgehead atoms. The molecule has 3 aromatic rings. The minimum absolute atomic E-state index is 0.136. The number of anilines is 2. The van der Waals surface area contributed by atoms with Crippen LogP contribution in [0.3, 0.4) is 0 Å². The van der Waals surface area contributed by atoms with Crippen LogP contribution in [0.2, 0.25) is 0 Å². The first-order valence-electron chi connectivity index (χ1n) is 9.50. The van der Waals surface area contributed by atoms with Crippen molar-refractivity contribution in [3.05, 3.63) is 58.8 Å². The number of aliphatic hydroxyl groups excluding tert-OH is 1. The maximum Gasteiger partial charge on any atom is 0.417 e. The van der Waals surface area contributed by atoms with Crippen molar-refractivity contribution in [1.82, 2.24) is 14.5 Å². The predicted molar refractivity (Wildman–Crippen MR) is 107 cm³/mol. The summed E-state index contributed by atoms with van der Waals surface area (Å²) >= 11 is 0. The number of hydrogen-bond donors (Lipinski definition) is 1. The van der Waals surface area contributed by atoms with Crippen LogP contribution in [0.15, 0.2) is 47.7 Å². The second-order valence-corrected chi connectivity index (χ2v) is 7.05. The van der Waals surface area contributed by atoms with Gasteiger partial charge < -0.3 is 14.9 Å². The molecule has 0 spiro atoms. The van der Waals surface area contributed by atoms with Gasteiger partial charge in [-0.05, 0) is 30.3 Å². The van der Waals surface area contributed by atoms with Gasteiger partial charge in [-0.25, -0.2) is 9.97 Å². The number of pyridine rings is 1. The van der Waals surface area contributed by atoms with E-state index >= 15 is 0 Å². The van der Waals surface area contributed by atoms with Crippen LogP contribution in [0.4, 0.5) is 24.7 Å². The number of rotatable bonds is 4. The molecule has 0 unspecified atom stereocenters. The number of hydrogen-bond acceptors (Lipinski definition) is 6. The van der Waals surface area contributed by atoms with Gasteiger partial charge in [0, 0.05) is 38.1 Å². The number of aliphatic hydroxyl groups is 1. The molecular weight excluding hydrogens is 399 g/mol. The summed E-state index contributed by atoms with van der Waals surface area (Å²) in [6.07, 6.45) is -2.10. The number of piperazine rings is 1. The average Bonchev–Trinajstić information content (AvgIpc) is 2.75. The lowest BCUT2D eigenvalue weighted by Gasteiger charge is -2.36. The minimum atomic E-state index is -4.39. The highest BCUT2D eigenvalue weighted by molar-refractivity contribution is 5.81. The summed E-state index contributed by atoms with van der Waals surface area (Å²) in [6, 6.07) is 7.90. The van der Waals surface area contributed by atoms with Crippen molar-refractivity contribution in [1.29, 1.82) is 0 Å². The number of nitrogens with zero attached hydrogens (tertiary/aromatic N) is 5. The maximum atomic E-state index is 12.7. The van der Waals surface area contributed by atoms with Crippen molar-refractivity contribution in [3.63, 3.8) is 0 Å². The number of benzene rings is 1. The Hall–Kier alpha value is -3.14. The molecule has 0 atom stereocenters. The second-order valence-electron chi connectivity index (χ2n) is 7.05. The first kappa shape index (κ1) is 20.1. The van der Waals surface area contributed by atoms with Gasteiger partial charge in [0.05, 0.1) is 35.9 Å². The molecular formula is C20H20F3N5O2. The van der Waals surface area contributed by atoms with E-state index in [0.717, 1.165) is 18.0 Å². The molecule has 0 aliphatic carbocycles. The van der Waals surface area contributed by atoms with Gasteiger partial charge >= 0.3 is 6.18 Å². The largest absolute Gasteiger partial charge is 0.417 e. The van der Waals surface area contributed by atoms with Gasteiger partial charge in [-0.15, -0.1) is 0 Å². The van der Waals surface area contributed by atoms with Crippen LogP contribution in [0.25, 0.3) is 10.9 Å². The van der Waals surface area contributed by atoms with Crippen molar-refractivity contribution < 1.29 is 18.3 Å². The fourth-order valence-electron chi connectivity index (χ4n) is 3.54. The van der Waals surface area contributed by atoms with E-state index in [0.29, 0.717) is 42.9 Å². The summed E-state index contributed by atoms with van der Waals surface area (Å²) in [4.78, 5) is 24.8. The summed E-state index contributed by atoms with van der Waals surface area (Å²) in [6.45, 7) is 2.61. The van der Waals surface area contributed by atoms with E-state index in [9.17, 15) is 18.0 Å². The van der Waals surface area contributed by atoms with E-state index in [1.165, 1.54) is 17.0 Å². The van der Waals surface area contributed by atoms with Gasteiger partial charge in [0.1, 0.15) is 5.82 Å². The van der Waals surface area contributed by atoms with Crippen molar-refractivity contribution in [3.8, 4) is 0 Å². The van der Waals surface area contributed by atoms with E-state index in [2.05, 4.69) is 14.9 Å². The monoisotopic (exact) mass is 419 g/mol. The quantitative estimate of drug-likeness (QED) is 0.699. The highest BCUT2D eigenvalue weighted by Crippen LogP contribution is 2.29. The standard InChI is InChI=1S/C20H20F3N5O2/c21-20(22,23)14-1-4-18(24-12-14)27-7-5-26(6-8-27)15-2-3-16-17(11-15)25-13-28(9-10-29)19(16)30/h1-4,11-13,29H,5-10H2. The summed E-state index contributed by atoms with van der Waals surface area (Å²) in [7, 11) is 0. The molecule has 1 saturated heterocycles. The molecule has 0 saturated carbocycles. The van der Waals surface area contributed by atoms with Gasteiger partial charge in [-0.3, -0.25) is 9.36 Å². The van der Waals surface area contributed by atoms with Gasteiger partial charge in [-0.1, -0.05) is 0 Å². The Morgan fingerprint density at radius 1 is 1.00 bits per heavy atom. The van der Waals surface area contributed by atoms with Crippen LogP contribution < -0.4 is 15.4 Å². The van der Waals surface area contributed by atoms with E-state index in [4.69, 9.17) is 5.11 Å². The molecule has 1 fully saturated rings. The molecule has 3 heterocycles. The predicted octanol–water partition coefficient (Wildman–Crippen LogP) is 2.13. The zero-order chi connectivity index (χ0) is 21.3. The van der Waals surface area contributed by atoms with E-state index in [1.807, 2.05) is 17.0 Å². The molecule has 1 aromatic carbocycles. The fourth-order valence-corrected chi connectivity index (χ4v) is 3.54. The first-order chi connectivity index (χ1) is 14.4. The average molecular weight is 419 g/mol. The molecule has 1 N–H and O–H groups in total. The smallest absolute Gasteiger partial charge is 0.395 e. The maximum absolute atomic E-state index is 12.7. The van der Waals surface area contributed by atoms with Crippen LogP contribution in [0, 0.1) is 0 Å². The van der Waals surface area contributed by atoms with Crippen LogP contribution in [0.1, 0.15) is 5.56 Å². The molecule has 10 heteroatoms. The molecule has 7 nitrogen and oxygen atoms in total. The molecule has 1 aliphatic rings. The fraction of sp³-hybridized carbons (Fsp3) is 0.350. The van der Waals surface area contributed by atoms with Crippen molar-refractivity contribution in [2.24, 2.45) is 0 Å². The van der Waals surface area contributed by atoms with Gasteiger partial charge in [0.15, 0.2) is 0 Å². The summed E-state index contributed by atoms with van der Waals surface area (Å²) in [5, 5.41) is 9.52. The number of halogens is 3. The zero-order valence-corrected chi connectivity index (χ0v) is 16.0. The lowest BCUT2D eigenvalue weighted by atomic mass is 10.2. The van der Waals surface area contributed by atoms with Crippen LogP contribution in [-0.4, -0.2) is 52.4 Å². The molecule has 158 valence electrons. The van der Waals surface area contributed by atoms with Crippen molar-refractivity contribution >= 4 is 22.4 Å². The Balaban J connectivity index is 1.46. The zero-order valence-electron chi connectivity index (χ0n) is 16.0. The Labute approximate surface area is 170 Å². The third-order valence-corrected chi connectivity index (χ3v) is 5.19. The third-order valence-electron chi connectivity index (χ3n) is 5.19. The van der Waals surface area contributed by atoms with Crippen molar-refractivity contribution in [2.45, 2.75) is 12.7 Å². The molecule has 0 amide bonds. The molecule has 0 radical (unpaired) electrons. The molecule has 1 aliphatic heterocycles. The van der Waals surface area contributed by atoms with Crippen LogP contribution in [0.5, 0.6) is 0 Å². The van der Waals surface area contributed by atoms with Crippen LogP contribution in [-0.2, 0) is 12.7 Å². The van der Waals surface area contributed by atoms with E-state index < -0.39 is 11.7 Å². The Kier molecular flexibility index (Phi) is 5.33. The Morgan fingerprint density at radius 2 is 1.73 bits per heavy atom. The number of fused-ring (bicyclic) bond motifs is 1. The Morgan fingerprint density at radius 3 is 2.37 bits per heavy atom. The third kappa shape index (κ3) is 3.95.